The molecule has 1 N–H and O–H groups in total. The fraction of sp³-hybridized carbons (Fsp3) is 0.917. The zero-order valence-corrected chi connectivity index (χ0v) is 9.91. The van der Waals surface area contributed by atoms with E-state index in [1.807, 2.05) is 0 Å². The average Bonchev–Trinajstić information content (AvgIpc) is 2.26. The van der Waals surface area contributed by atoms with Gasteiger partial charge in [-0.1, -0.05) is 13.8 Å². The van der Waals surface area contributed by atoms with Gasteiger partial charge in [-0.05, 0) is 44.7 Å². The molecular formula is C12H23NO2. The first-order chi connectivity index (χ1) is 7.17. The van der Waals surface area contributed by atoms with Crippen molar-refractivity contribution in [1.82, 2.24) is 4.90 Å². The summed E-state index contributed by atoms with van der Waals surface area (Å²) >= 11 is 0. The van der Waals surface area contributed by atoms with Crippen LogP contribution in [0, 0.1) is 11.8 Å². The van der Waals surface area contributed by atoms with Gasteiger partial charge in [0.05, 0.1) is 5.92 Å². The minimum atomic E-state index is -0.601. The molecule has 0 aromatic heterocycles. The number of hydrogen-bond donors (Lipinski definition) is 1. The smallest absolute Gasteiger partial charge is 0.306 e. The van der Waals surface area contributed by atoms with Crippen LogP contribution in [-0.2, 0) is 4.79 Å². The Morgan fingerprint density at radius 2 is 1.73 bits per heavy atom. The van der Waals surface area contributed by atoms with Gasteiger partial charge >= 0.3 is 5.97 Å². The number of rotatable bonds is 5. The van der Waals surface area contributed by atoms with Crippen molar-refractivity contribution in [3.63, 3.8) is 0 Å². The Morgan fingerprint density at radius 1 is 1.20 bits per heavy atom. The molecule has 0 aromatic carbocycles. The molecule has 0 heterocycles. The lowest BCUT2D eigenvalue weighted by Gasteiger charge is -2.30. The normalized spacial score (nSPS) is 26.9. The molecule has 3 heteroatoms. The van der Waals surface area contributed by atoms with E-state index in [0.29, 0.717) is 0 Å². The molecule has 1 saturated carbocycles. The third-order valence-corrected chi connectivity index (χ3v) is 3.61. The summed E-state index contributed by atoms with van der Waals surface area (Å²) in [5.74, 6) is 0.0507. The lowest BCUT2D eigenvalue weighted by molar-refractivity contribution is -0.143. The zero-order valence-electron chi connectivity index (χ0n) is 9.91. The Balaban J connectivity index is 2.28. The zero-order chi connectivity index (χ0) is 11.3. The van der Waals surface area contributed by atoms with E-state index in [-0.39, 0.29) is 5.92 Å². The molecule has 0 atom stereocenters. The van der Waals surface area contributed by atoms with Gasteiger partial charge in [0, 0.05) is 6.54 Å². The number of carboxylic acid groups (broad SMARTS) is 1. The SMILES string of the molecule is CCN(CC)C[C@H]1CC[C@H](C(=O)O)CC1. The number of nitrogens with zero attached hydrogens (tertiary/aromatic N) is 1. The first-order valence-electron chi connectivity index (χ1n) is 6.12. The molecule has 15 heavy (non-hydrogen) atoms. The number of hydrogen-bond acceptors (Lipinski definition) is 2. The van der Waals surface area contributed by atoms with E-state index < -0.39 is 5.97 Å². The van der Waals surface area contributed by atoms with Gasteiger partial charge < -0.3 is 10.0 Å². The van der Waals surface area contributed by atoms with E-state index in [1.54, 1.807) is 0 Å². The van der Waals surface area contributed by atoms with Crippen LogP contribution >= 0.6 is 0 Å². The highest BCUT2D eigenvalue weighted by Gasteiger charge is 2.26. The van der Waals surface area contributed by atoms with Gasteiger partial charge in [-0.15, -0.1) is 0 Å². The summed E-state index contributed by atoms with van der Waals surface area (Å²) in [5.41, 5.74) is 0. The summed E-state index contributed by atoms with van der Waals surface area (Å²) in [6.07, 6.45) is 3.93. The van der Waals surface area contributed by atoms with Gasteiger partial charge in [-0.2, -0.15) is 0 Å². The molecule has 0 aliphatic heterocycles. The summed E-state index contributed by atoms with van der Waals surface area (Å²) in [5, 5.41) is 8.89. The molecule has 0 amide bonds. The van der Waals surface area contributed by atoms with Crippen LogP contribution in [0.2, 0.25) is 0 Å². The minimum Gasteiger partial charge on any atom is -0.481 e. The van der Waals surface area contributed by atoms with Crippen molar-refractivity contribution in [3.8, 4) is 0 Å². The highest BCUT2D eigenvalue weighted by Crippen LogP contribution is 2.29. The van der Waals surface area contributed by atoms with Crippen LogP contribution in [0.25, 0.3) is 0 Å². The third-order valence-electron chi connectivity index (χ3n) is 3.61. The maximum atomic E-state index is 10.8. The molecule has 3 nitrogen and oxygen atoms in total. The van der Waals surface area contributed by atoms with Crippen molar-refractivity contribution in [2.24, 2.45) is 11.8 Å². The van der Waals surface area contributed by atoms with Gasteiger partial charge in [-0.25, -0.2) is 0 Å². The molecule has 0 unspecified atom stereocenters. The molecule has 1 aliphatic carbocycles. The van der Waals surface area contributed by atoms with Gasteiger partial charge in [0.1, 0.15) is 0 Å². The lowest BCUT2D eigenvalue weighted by atomic mass is 9.82. The van der Waals surface area contributed by atoms with Crippen LogP contribution in [0.4, 0.5) is 0 Å². The van der Waals surface area contributed by atoms with Crippen molar-refractivity contribution in [1.29, 1.82) is 0 Å². The lowest BCUT2D eigenvalue weighted by Crippen LogP contribution is -2.32. The molecule has 1 aliphatic rings. The second-order valence-corrected chi connectivity index (χ2v) is 4.54. The predicted octanol–water partition coefficient (Wildman–Crippen LogP) is 2.22. The molecule has 0 aromatic rings. The average molecular weight is 213 g/mol. The quantitative estimate of drug-likeness (QED) is 0.761. The minimum absolute atomic E-state index is 0.0713. The number of carboxylic acids is 1. The molecular weight excluding hydrogens is 190 g/mol. The van der Waals surface area contributed by atoms with E-state index >= 15 is 0 Å². The fourth-order valence-corrected chi connectivity index (χ4v) is 2.44. The van der Waals surface area contributed by atoms with Gasteiger partial charge in [0.15, 0.2) is 0 Å². The van der Waals surface area contributed by atoms with Crippen LogP contribution in [-0.4, -0.2) is 35.6 Å². The number of carbonyl (C=O) groups is 1. The maximum Gasteiger partial charge on any atom is 0.306 e. The maximum absolute atomic E-state index is 10.8. The van der Waals surface area contributed by atoms with Crippen LogP contribution in [0.1, 0.15) is 39.5 Å². The van der Waals surface area contributed by atoms with E-state index in [2.05, 4.69) is 18.7 Å². The second kappa shape index (κ2) is 6.11. The summed E-state index contributed by atoms with van der Waals surface area (Å²) in [7, 11) is 0. The van der Waals surface area contributed by atoms with E-state index in [1.165, 1.54) is 0 Å². The van der Waals surface area contributed by atoms with E-state index in [4.69, 9.17) is 5.11 Å². The highest BCUT2D eigenvalue weighted by atomic mass is 16.4. The summed E-state index contributed by atoms with van der Waals surface area (Å²) in [6, 6.07) is 0. The largest absolute Gasteiger partial charge is 0.481 e. The van der Waals surface area contributed by atoms with Gasteiger partial charge in [-0.3, -0.25) is 4.79 Å². The van der Waals surface area contributed by atoms with Crippen molar-refractivity contribution >= 4 is 5.97 Å². The summed E-state index contributed by atoms with van der Waals surface area (Å²) in [4.78, 5) is 13.2. The second-order valence-electron chi connectivity index (χ2n) is 4.54. The third kappa shape index (κ3) is 3.82. The Morgan fingerprint density at radius 3 is 2.13 bits per heavy atom. The van der Waals surface area contributed by atoms with Crippen LogP contribution in [0.3, 0.4) is 0 Å². The van der Waals surface area contributed by atoms with E-state index in [0.717, 1.165) is 51.2 Å². The Hall–Kier alpha value is -0.570. The Labute approximate surface area is 92.5 Å². The Bertz CT molecular complexity index is 194. The van der Waals surface area contributed by atoms with Gasteiger partial charge in [0.25, 0.3) is 0 Å². The van der Waals surface area contributed by atoms with Crippen molar-refractivity contribution in [2.45, 2.75) is 39.5 Å². The number of aliphatic carboxylic acids is 1. The molecule has 0 radical (unpaired) electrons. The topological polar surface area (TPSA) is 40.5 Å². The first kappa shape index (κ1) is 12.5. The molecule has 0 saturated heterocycles. The summed E-state index contributed by atoms with van der Waals surface area (Å²) in [6.45, 7) is 7.74. The van der Waals surface area contributed by atoms with Crippen LogP contribution in [0.5, 0.6) is 0 Å². The van der Waals surface area contributed by atoms with Crippen LogP contribution < -0.4 is 0 Å². The molecule has 0 bridgehead atoms. The van der Waals surface area contributed by atoms with Crippen LogP contribution in [0.15, 0.2) is 0 Å². The first-order valence-corrected chi connectivity index (χ1v) is 6.12. The monoisotopic (exact) mass is 213 g/mol. The highest BCUT2D eigenvalue weighted by molar-refractivity contribution is 5.69. The van der Waals surface area contributed by atoms with Crippen molar-refractivity contribution in [2.75, 3.05) is 19.6 Å². The van der Waals surface area contributed by atoms with Crippen molar-refractivity contribution in [3.05, 3.63) is 0 Å². The Kier molecular flexibility index (Phi) is 5.09. The molecule has 0 spiro atoms. The standard InChI is InChI=1S/C12H23NO2/c1-3-13(4-2)9-10-5-7-11(8-6-10)12(14)15/h10-11H,3-9H2,1-2H3,(H,14,15)/t10-,11-. The predicted molar refractivity (Wildman–Crippen MR) is 60.9 cm³/mol. The molecule has 1 fully saturated rings. The van der Waals surface area contributed by atoms with E-state index in [9.17, 15) is 4.79 Å². The van der Waals surface area contributed by atoms with Crippen molar-refractivity contribution < 1.29 is 9.90 Å². The fourth-order valence-electron chi connectivity index (χ4n) is 2.44. The van der Waals surface area contributed by atoms with Gasteiger partial charge in [0.2, 0.25) is 0 Å². The molecule has 88 valence electrons. The summed E-state index contributed by atoms with van der Waals surface area (Å²) < 4.78 is 0. The molecule has 1 rings (SSSR count).